The monoisotopic (exact) mass is 264 g/mol. The first-order valence-electron chi connectivity index (χ1n) is 5.72. The Morgan fingerprint density at radius 1 is 1.26 bits per heavy atom. The molecule has 0 bridgehead atoms. The minimum absolute atomic E-state index is 0.276. The van der Waals surface area contributed by atoms with E-state index in [0.29, 0.717) is 0 Å². The van der Waals surface area contributed by atoms with Gasteiger partial charge in [0.2, 0.25) is 0 Å². The summed E-state index contributed by atoms with van der Waals surface area (Å²) < 4.78 is 10.4. The third-order valence-corrected chi connectivity index (χ3v) is 2.45. The Balaban J connectivity index is 2.46. The van der Waals surface area contributed by atoms with Gasteiger partial charge in [0, 0.05) is 6.08 Å². The molecule has 102 valence electrons. The van der Waals surface area contributed by atoms with Crippen molar-refractivity contribution in [2.45, 2.75) is 19.6 Å². The van der Waals surface area contributed by atoms with Gasteiger partial charge < -0.3 is 14.6 Å². The number of carboxylic acids is 1. The van der Waals surface area contributed by atoms with E-state index in [9.17, 15) is 9.59 Å². The Kier molecular flexibility index (Phi) is 5.75. The maximum atomic E-state index is 11.5. The van der Waals surface area contributed by atoms with Crippen LogP contribution in [0.3, 0.4) is 0 Å². The summed E-state index contributed by atoms with van der Waals surface area (Å²) in [6.45, 7) is 1.86. The lowest BCUT2D eigenvalue weighted by molar-refractivity contribution is -0.132. The van der Waals surface area contributed by atoms with Crippen LogP contribution in [0.1, 0.15) is 12.5 Å². The molecule has 1 rings (SSSR count). The minimum Gasteiger partial charge on any atom is -0.497 e. The van der Waals surface area contributed by atoms with E-state index >= 15 is 0 Å². The quantitative estimate of drug-likeness (QED) is 0.760. The number of ketones is 1. The predicted octanol–water partition coefficient (Wildman–Crippen LogP) is 1.81. The van der Waals surface area contributed by atoms with Crippen LogP contribution in [0, 0.1) is 0 Å². The van der Waals surface area contributed by atoms with Gasteiger partial charge in [-0.15, -0.1) is 0 Å². The summed E-state index contributed by atoms with van der Waals surface area (Å²) in [6.07, 6.45) is 1.12. The molecule has 19 heavy (non-hydrogen) atoms. The summed E-state index contributed by atoms with van der Waals surface area (Å²) in [6, 6.07) is 7.28. The maximum absolute atomic E-state index is 11.5. The van der Waals surface area contributed by atoms with Crippen molar-refractivity contribution in [3.05, 3.63) is 42.0 Å². The number of hydrogen-bond acceptors (Lipinski definition) is 4. The Labute approximate surface area is 111 Å². The minimum atomic E-state index is -1.16. The summed E-state index contributed by atoms with van der Waals surface area (Å²) in [7, 11) is 1.58. The van der Waals surface area contributed by atoms with Crippen LogP contribution < -0.4 is 4.74 Å². The van der Waals surface area contributed by atoms with E-state index in [0.717, 1.165) is 23.5 Å². The topological polar surface area (TPSA) is 72.8 Å². The van der Waals surface area contributed by atoms with Gasteiger partial charge in [-0.3, -0.25) is 4.79 Å². The third kappa shape index (κ3) is 5.35. The third-order valence-electron chi connectivity index (χ3n) is 2.45. The Hall–Kier alpha value is -2.14. The van der Waals surface area contributed by atoms with E-state index in [1.165, 1.54) is 0 Å². The molecule has 1 atom stereocenters. The van der Waals surface area contributed by atoms with Crippen LogP contribution in [0.5, 0.6) is 5.75 Å². The van der Waals surface area contributed by atoms with Gasteiger partial charge in [0.15, 0.2) is 5.78 Å². The van der Waals surface area contributed by atoms with Crippen molar-refractivity contribution >= 4 is 11.8 Å². The standard InChI is InChI=1S/C14H16O5/c1-10(13(15)7-8-14(16)17)19-9-11-3-5-12(18-2)6-4-11/h3-8,10H,9H2,1-2H3,(H,16,17)/b8-7+/t10-/m0/s1. The van der Waals surface area contributed by atoms with E-state index in [1.54, 1.807) is 26.2 Å². The second-order valence-electron chi connectivity index (χ2n) is 3.88. The molecule has 0 fully saturated rings. The number of carbonyl (C=O) groups is 2. The van der Waals surface area contributed by atoms with Gasteiger partial charge in [0.25, 0.3) is 0 Å². The second-order valence-corrected chi connectivity index (χ2v) is 3.88. The van der Waals surface area contributed by atoms with Gasteiger partial charge in [-0.2, -0.15) is 0 Å². The fourth-order valence-corrected chi connectivity index (χ4v) is 1.31. The van der Waals surface area contributed by atoms with Gasteiger partial charge in [-0.25, -0.2) is 4.79 Å². The van der Waals surface area contributed by atoms with Gasteiger partial charge in [0.1, 0.15) is 11.9 Å². The molecule has 0 heterocycles. The van der Waals surface area contributed by atoms with Crippen LogP contribution in [0.15, 0.2) is 36.4 Å². The number of ether oxygens (including phenoxy) is 2. The Morgan fingerprint density at radius 3 is 2.42 bits per heavy atom. The fourth-order valence-electron chi connectivity index (χ4n) is 1.31. The first-order valence-corrected chi connectivity index (χ1v) is 5.72. The Morgan fingerprint density at radius 2 is 1.89 bits per heavy atom. The summed E-state index contributed by atoms with van der Waals surface area (Å²) in [5.41, 5.74) is 0.905. The van der Waals surface area contributed by atoms with Crippen LogP contribution in [0.25, 0.3) is 0 Å². The highest BCUT2D eigenvalue weighted by Crippen LogP contribution is 2.12. The molecule has 0 radical (unpaired) electrons. The van der Waals surface area contributed by atoms with Gasteiger partial charge in [-0.1, -0.05) is 12.1 Å². The molecular formula is C14H16O5. The van der Waals surface area contributed by atoms with Crippen LogP contribution >= 0.6 is 0 Å². The number of aliphatic carboxylic acids is 1. The normalized spacial score (nSPS) is 12.3. The molecule has 0 amide bonds. The number of rotatable bonds is 7. The predicted molar refractivity (Wildman–Crippen MR) is 69.0 cm³/mol. The molecule has 1 N–H and O–H groups in total. The van der Waals surface area contributed by atoms with Gasteiger partial charge >= 0.3 is 5.97 Å². The highest BCUT2D eigenvalue weighted by atomic mass is 16.5. The van der Waals surface area contributed by atoms with Crippen LogP contribution in [0.4, 0.5) is 0 Å². The van der Waals surface area contributed by atoms with E-state index in [2.05, 4.69) is 0 Å². The molecule has 0 unspecified atom stereocenters. The van der Waals surface area contributed by atoms with Crippen molar-refractivity contribution in [3.63, 3.8) is 0 Å². The molecule has 0 saturated carbocycles. The lowest BCUT2D eigenvalue weighted by Gasteiger charge is -2.10. The van der Waals surface area contributed by atoms with Crippen LogP contribution in [0.2, 0.25) is 0 Å². The van der Waals surface area contributed by atoms with Crippen molar-refractivity contribution < 1.29 is 24.2 Å². The zero-order valence-electron chi connectivity index (χ0n) is 10.8. The molecule has 0 saturated heterocycles. The van der Waals surface area contributed by atoms with Gasteiger partial charge in [0.05, 0.1) is 13.7 Å². The summed E-state index contributed by atoms with van der Waals surface area (Å²) in [5.74, 6) is -0.788. The summed E-state index contributed by atoms with van der Waals surface area (Å²) in [5, 5.41) is 8.41. The van der Waals surface area contributed by atoms with Crippen LogP contribution in [-0.4, -0.2) is 30.1 Å². The molecule has 0 aliphatic carbocycles. The zero-order chi connectivity index (χ0) is 14.3. The molecule has 0 aliphatic heterocycles. The van der Waals surface area contributed by atoms with Gasteiger partial charge in [-0.05, 0) is 30.7 Å². The molecular weight excluding hydrogens is 248 g/mol. The first kappa shape index (κ1) is 14.9. The van der Waals surface area contributed by atoms with Crippen molar-refractivity contribution in [3.8, 4) is 5.75 Å². The maximum Gasteiger partial charge on any atom is 0.328 e. The van der Waals surface area contributed by atoms with Crippen molar-refractivity contribution in [2.24, 2.45) is 0 Å². The average Bonchev–Trinajstić information content (AvgIpc) is 2.42. The van der Waals surface area contributed by atoms with Crippen LogP contribution in [-0.2, 0) is 20.9 Å². The molecule has 0 aliphatic rings. The fraction of sp³-hybridized carbons (Fsp3) is 0.286. The molecule has 1 aromatic carbocycles. The summed E-state index contributed by atoms with van der Waals surface area (Å²) >= 11 is 0. The number of benzene rings is 1. The van der Waals surface area contributed by atoms with E-state index < -0.39 is 12.1 Å². The van der Waals surface area contributed by atoms with Crippen molar-refractivity contribution in [2.75, 3.05) is 7.11 Å². The summed E-state index contributed by atoms with van der Waals surface area (Å²) in [4.78, 5) is 21.7. The van der Waals surface area contributed by atoms with E-state index in [-0.39, 0.29) is 12.4 Å². The smallest absolute Gasteiger partial charge is 0.328 e. The second kappa shape index (κ2) is 7.33. The lowest BCUT2D eigenvalue weighted by atomic mass is 10.2. The first-order chi connectivity index (χ1) is 9.02. The molecule has 1 aromatic rings. The zero-order valence-corrected chi connectivity index (χ0v) is 10.8. The number of methoxy groups -OCH3 is 1. The molecule has 5 heteroatoms. The number of carbonyl (C=O) groups excluding carboxylic acids is 1. The highest BCUT2D eigenvalue weighted by molar-refractivity contribution is 5.97. The molecule has 5 nitrogen and oxygen atoms in total. The highest BCUT2D eigenvalue weighted by Gasteiger charge is 2.10. The SMILES string of the molecule is COc1ccc(CO[C@@H](C)C(=O)/C=C/C(=O)O)cc1. The number of carboxylic acid groups (broad SMARTS) is 1. The lowest BCUT2D eigenvalue weighted by Crippen LogP contribution is -2.18. The number of hydrogen-bond donors (Lipinski definition) is 1. The van der Waals surface area contributed by atoms with Crippen molar-refractivity contribution in [1.29, 1.82) is 0 Å². The molecule has 0 spiro atoms. The van der Waals surface area contributed by atoms with E-state index in [1.807, 2.05) is 12.1 Å². The average molecular weight is 264 g/mol. The van der Waals surface area contributed by atoms with Crippen molar-refractivity contribution in [1.82, 2.24) is 0 Å². The molecule has 0 aromatic heterocycles. The largest absolute Gasteiger partial charge is 0.497 e. The Bertz CT molecular complexity index is 461. The van der Waals surface area contributed by atoms with E-state index in [4.69, 9.17) is 14.6 Å².